The van der Waals surface area contributed by atoms with Gasteiger partial charge in [0.2, 0.25) is 0 Å². The minimum absolute atomic E-state index is 0.699. The molecule has 1 saturated carbocycles. The lowest BCUT2D eigenvalue weighted by Gasteiger charge is -2.25. The third kappa shape index (κ3) is 4.14. The van der Waals surface area contributed by atoms with Crippen LogP contribution in [0, 0.1) is 5.92 Å². The first-order valence-corrected chi connectivity index (χ1v) is 6.88. The van der Waals surface area contributed by atoms with E-state index in [-0.39, 0.29) is 0 Å². The minimum atomic E-state index is 0.699. The van der Waals surface area contributed by atoms with Gasteiger partial charge < -0.3 is 16.4 Å². The molecule has 1 heterocycles. The molecule has 0 spiro atoms. The molecule has 100 valence electrons. The van der Waals surface area contributed by atoms with Gasteiger partial charge in [0.1, 0.15) is 18.0 Å². The SMILES string of the molecule is NCCCNc1cc(NCCC2CCC2)ncn1. The van der Waals surface area contributed by atoms with Gasteiger partial charge in [-0.2, -0.15) is 0 Å². The average Bonchev–Trinajstić information content (AvgIpc) is 2.33. The number of rotatable bonds is 8. The van der Waals surface area contributed by atoms with Crippen LogP contribution in [0.2, 0.25) is 0 Å². The highest BCUT2D eigenvalue weighted by Gasteiger charge is 2.16. The molecule has 0 saturated heterocycles. The number of nitrogens with two attached hydrogens (primary N) is 1. The molecule has 0 aliphatic heterocycles. The summed E-state index contributed by atoms with van der Waals surface area (Å²) in [5, 5.41) is 6.60. The number of nitrogens with one attached hydrogen (secondary N) is 2. The van der Waals surface area contributed by atoms with Crippen molar-refractivity contribution in [2.75, 3.05) is 30.3 Å². The summed E-state index contributed by atoms with van der Waals surface area (Å²) in [6.07, 6.45) is 8.01. The molecular weight excluding hydrogens is 226 g/mol. The Morgan fingerprint density at radius 1 is 1.17 bits per heavy atom. The predicted octanol–water partition coefficient (Wildman–Crippen LogP) is 1.84. The maximum Gasteiger partial charge on any atom is 0.131 e. The third-order valence-electron chi connectivity index (χ3n) is 3.44. The van der Waals surface area contributed by atoms with E-state index in [4.69, 9.17) is 5.73 Å². The van der Waals surface area contributed by atoms with Crippen LogP contribution >= 0.6 is 0 Å². The molecule has 0 unspecified atom stereocenters. The molecule has 2 rings (SSSR count). The zero-order valence-electron chi connectivity index (χ0n) is 10.9. The fourth-order valence-electron chi connectivity index (χ4n) is 2.06. The Hall–Kier alpha value is -1.36. The van der Waals surface area contributed by atoms with E-state index in [1.807, 2.05) is 6.07 Å². The molecule has 0 atom stereocenters. The van der Waals surface area contributed by atoms with Gasteiger partial charge in [-0.15, -0.1) is 0 Å². The highest BCUT2D eigenvalue weighted by Crippen LogP contribution is 2.29. The molecule has 5 nitrogen and oxygen atoms in total. The molecule has 0 aromatic carbocycles. The first kappa shape index (κ1) is 13.1. The third-order valence-corrected chi connectivity index (χ3v) is 3.44. The summed E-state index contributed by atoms with van der Waals surface area (Å²) in [5.41, 5.74) is 5.45. The number of nitrogens with zero attached hydrogens (tertiary/aromatic N) is 2. The van der Waals surface area contributed by atoms with Crippen LogP contribution in [0.4, 0.5) is 11.6 Å². The number of hydrogen-bond donors (Lipinski definition) is 3. The van der Waals surface area contributed by atoms with Crippen LogP contribution in [0.1, 0.15) is 32.1 Å². The van der Waals surface area contributed by atoms with Gasteiger partial charge in [-0.05, 0) is 25.3 Å². The van der Waals surface area contributed by atoms with E-state index in [1.54, 1.807) is 6.33 Å². The molecular formula is C13H23N5. The fourth-order valence-corrected chi connectivity index (χ4v) is 2.06. The Labute approximate surface area is 109 Å². The maximum absolute atomic E-state index is 5.45. The van der Waals surface area contributed by atoms with Crippen molar-refractivity contribution in [1.82, 2.24) is 9.97 Å². The van der Waals surface area contributed by atoms with Gasteiger partial charge in [-0.25, -0.2) is 9.97 Å². The Morgan fingerprint density at radius 2 is 1.89 bits per heavy atom. The second kappa shape index (κ2) is 7.16. The Kier molecular flexibility index (Phi) is 5.20. The first-order chi connectivity index (χ1) is 8.88. The second-order valence-electron chi connectivity index (χ2n) is 4.87. The zero-order chi connectivity index (χ0) is 12.6. The number of anilines is 2. The van der Waals surface area contributed by atoms with Gasteiger partial charge in [0.05, 0.1) is 0 Å². The van der Waals surface area contributed by atoms with Gasteiger partial charge in [0.25, 0.3) is 0 Å². The summed E-state index contributed by atoms with van der Waals surface area (Å²) in [7, 11) is 0. The lowest BCUT2D eigenvalue weighted by Crippen LogP contribution is -2.16. The van der Waals surface area contributed by atoms with Gasteiger partial charge in [-0.1, -0.05) is 19.3 Å². The Balaban J connectivity index is 1.71. The minimum Gasteiger partial charge on any atom is -0.370 e. The van der Waals surface area contributed by atoms with E-state index >= 15 is 0 Å². The lowest BCUT2D eigenvalue weighted by molar-refractivity contribution is 0.303. The highest BCUT2D eigenvalue weighted by atomic mass is 15.1. The van der Waals surface area contributed by atoms with E-state index < -0.39 is 0 Å². The Bertz CT molecular complexity index is 351. The topological polar surface area (TPSA) is 75.9 Å². The van der Waals surface area contributed by atoms with Crippen molar-refractivity contribution in [2.45, 2.75) is 32.1 Å². The van der Waals surface area contributed by atoms with Crippen molar-refractivity contribution >= 4 is 11.6 Å². The molecule has 4 N–H and O–H groups in total. The lowest BCUT2D eigenvalue weighted by atomic mass is 9.83. The monoisotopic (exact) mass is 249 g/mol. The molecule has 1 aromatic heterocycles. The van der Waals surface area contributed by atoms with E-state index in [0.29, 0.717) is 6.54 Å². The van der Waals surface area contributed by atoms with E-state index in [0.717, 1.165) is 37.1 Å². The van der Waals surface area contributed by atoms with Crippen LogP contribution < -0.4 is 16.4 Å². The molecule has 1 fully saturated rings. The van der Waals surface area contributed by atoms with Crippen LogP contribution in [0.25, 0.3) is 0 Å². The summed E-state index contributed by atoms with van der Waals surface area (Å²) < 4.78 is 0. The van der Waals surface area contributed by atoms with Gasteiger partial charge >= 0.3 is 0 Å². The highest BCUT2D eigenvalue weighted by molar-refractivity contribution is 5.46. The first-order valence-electron chi connectivity index (χ1n) is 6.88. The largest absolute Gasteiger partial charge is 0.370 e. The molecule has 18 heavy (non-hydrogen) atoms. The summed E-state index contributed by atoms with van der Waals surface area (Å²) in [4.78, 5) is 8.40. The van der Waals surface area contributed by atoms with E-state index in [1.165, 1.54) is 25.7 Å². The number of aromatic nitrogens is 2. The number of hydrogen-bond acceptors (Lipinski definition) is 5. The van der Waals surface area contributed by atoms with Crippen LogP contribution in [0.15, 0.2) is 12.4 Å². The van der Waals surface area contributed by atoms with Gasteiger partial charge in [-0.3, -0.25) is 0 Å². The van der Waals surface area contributed by atoms with Crippen molar-refractivity contribution in [3.63, 3.8) is 0 Å². The maximum atomic E-state index is 5.45. The zero-order valence-corrected chi connectivity index (χ0v) is 10.9. The van der Waals surface area contributed by atoms with Crippen LogP contribution in [-0.4, -0.2) is 29.6 Å². The molecule has 0 radical (unpaired) electrons. The molecule has 0 amide bonds. The fraction of sp³-hybridized carbons (Fsp3) is 0.692. The smallest absolute Gasteiger partial charge is 0.131 e. The Morgan fingerprint density at radius 3 is 2.50 bits per heavy atom. The summed E-state index contributed by atoms with van der Waals surface area (Å²) in [6.45, 7) is 2.56. The van der Waals surface area contributed by atoms with Gasteiger partial charge in [0, 0.05) is 19.2 Å². The van der Waals surface area contributed by atoms with Crippen molar-refractivity contribution < 1.29 is 0 Å². The van der Waals surface area contributed by atoms with Crippen LogP contribution in [-0.2, 0) is 0 Å². The van der Waals surface area contributed by atoms with E-state index in [2.05, 4.69) is 20.6 Å². The second-order valence-corrected chi connectivity index (χ2v) is 4.87. The molecule has 1 aromatic rings. The van der Waals surface area contributed by atoms with Crippen molar-refractivity contribution in [1.29, 1.82) is 0 Å². The molecule has 1 aliphatic carbocycles. The molecule has 0 bridgehead atoms. The van der Waals surface area contributed by atoms with Gasteiger partial charge in [0.15, 0.2) is 0 Å². The predicted molar refractivity (Wildman–Crippen MR) is 74.6 cm³/mol. The van der Waals surface area contributed by atoms with Crippen molar-refractivity contribution in [3.05, 3.63) is 12.4 Å². The van der Waals surface area contributed by atoms with E-state index in [9.17, 15) is 0 Å². The normalized spacial score (nSPS) is 15.2. The molecule has 1 aliphatic rings. The van der Waals surface area contributed by atoms with Crippen molar-refractivity contribution in [3.8, 4) is 0 Å². The standard InChI is InChI=1S/C13H23N5/c14-6-2-7-15-12-9-13(18-10-17-12)16-8-5-11-3-1-4-11/h9-11H,1-8,14H2,(H2,15,16,17,18). The summed E-state index contributed by atoms with van der Waals surface area (Å²) in [6, 6.07) is 1.96. The van der Waals surface area contributed by atoms with Crippen LogP contribution in [0.5, 0.6) is 0 Å². The summed E-state index contributed by atoms with van der Waals surface area (Å²) in [5.74, 6) is 2.70. The average molecular weight is 249 g/mol. The molecule has 5 heteroatoms. The van der Waals surface area contributed by atoms with Crippen molar-refractivity contribution in [2.24, 2.45) is 11.7 Å². The van der Waals surface area contributed by atoms with Crippen LogP contribution in [0.3, 0.4) is 0 Å². The summed E-state index contributed by atoms with van der Waals surface area (Å²) >= 11 is 0. The quantitative estimate of drug-likeness (QED) is 0.613.